The van der Waals surface area contributed by atoms with Crippen molar-refractivity contribution >= 4 is 11.9 Å². The predicted octanol–water partition coefficient (Wildman–Crippen LogP) is 1.94. The van der Waals surface area contributed by atoms with Crippen LogP contribution in [0.15, 0.2) is 42.9 Å². The summed E-state index contributed by atoms with van der Waals surface area (Å²) < 4.78 is 0. The highest BCUT2D eigenvalue weighted by molar-refractivity contribution is 5.99. The van der Waals surface area contributed by atoms with Crippen LogP contribution in [0.1, 0.15) is 17.3 Å². The molecule has 2 rings (SSSR count). The van der Waals surface area contributed by atoms with E-state index in [1.54, 1.807) is 14.0 Å². The van der Waals surface area contributed by atoms with Gasteiger partial charge in [0.2, 0.25) is 0 Å². The van der Waals surface area contributed by atoms with E-state index in [-0.39, 0.29) is 12.5 Å². The second-order valence-corrected chi connectivity index (χ2v) is 5.08. The predicted molar refractivity (Wildman–Crippen MR) is 81.2 cm³/mol. The van der Waals surface area contributed by atoms with Crippen LogP contribution in [0.5, 0.6) is 0 Å². The molecule has 0 bridgehead atoms. The number of amides is 1. The standard InChI is InChI=1S/C16H17N3O3/c1-11(16(21)22)9-19(2)15(20)13-8-17-10-18-14(13)12-6-4-3-5-7-12/h3-8,10-11H,9H2,1-2H3,(H,21,22). The zero-order valence-electron chi connectivity index (χ0n) is 12.4. The van der Waals surface area contributed by atoms with E-state index in [2.05, 4.69) is 9.97 Å². The molecular formula is C16H17N3O3. The zero-order valence-corrected chi connectivity index (χ0v) is 12.4. The van der Waals surface area contributed by atoms with Gasteiger partial charge in [-0.2, -0.15) is 0 Å². The van der Waals surface area contributed by atoms with E-state index in [9.17, 15) is 9.59 Å². The summed E-state index contributed by atoms with van der Waals surface area (Å²) in [6.45, 7) is 1.68. The molecule has 2 aromatic rings. The Morgan fingerprint density at radius 2 is 1.95 bits per heavy atom. The smallest absolute Gasteiger partial charge is 0.308 e. The van der Waals surface area contributed by atoms with Crippen molar-refractivity contribution in [3.63, 3.8) is 0 Å². The van der Waals surface area contributed by atoms with Crippen LogP contribution in [0.3, 0.4) is 0 Å². The number of aliphatic carboxylic acids is 1. The van der Waals surface area contributed by atoms with Crippen molar-refractivity contribution in [3.05, 3.63) is 48.4 Å². The summed E-state index contributed by atoms with van der Waals surface area (Å²) in [5.74, 6) is -1.88. The van der Waals surface area contributed by atoms with Gasteiger partial charge in [0.25, 0.3) is 5.91 Å². The number of carboxylic acids is 1. The van der Waals surface area contributed by atoms with Crippen LogP contribution in [-0.4, -0.2) is 45.4 Å². The number of carbonyl (C=O) groups excluding carboxylic acids is 1. The van der Waals surface area contributed by atoms with Gasteiger partial charge >= 0.3 is 5.97 Å². The maximum Gasteiger partial charge on any atom is 0.308 e. The maximum absolute atomic E-state index is 12.5. The second kappa shape index (κ2) is 6.80. The molecule has 1 N–H and O–H groups in total. The van der Waals surface area contributed by atoms with Crippen molar-refractivity contribution in [2.45, 2.75) is 6.92 Å². The first-order valence-corrected chi connectivity index (χ1v) is 6.84. The van der Waals surface area contributed by atoms with Crippen LogP contribution in [-0.2, 0) is 4.79 Å². The molecule has 1 unspecified atom stereocenters. The molecule has 1 aromatic carbocycles. The van der Waals surface area contributed by atoms with Gasteiger partial charge in [0.05, 0.1) is 17.2 Å². The Balaban J connectivity index is 2.29. The fraction of sp³-hybridized carbons (Fsp3) is 0.250. The summed E-state index contributed by atoms with van der Waals surface area (Å²) in [7, 11) is 1.57. The topological polar surface area (TPSA) is 83.4 Å². The number of carbonyl (C=O) groups is 2. The second-order valence-electron chi connectivity index (χ2n) is 5.08. The van der Waals surface area contributed by atoms with Crippen molar-refractivity contribution < 1.29 is 14.7 Å². The Morgan fingerprint density at radius 3 is 2.59 bits per heavy atom. The van der Waals surface area contributed by atoms with Crippen molar-refractivity contribution in [1.29, 1.82) is 0 Å². The number of carboxylic acid groups (broad SMARTS) is 1. The molecule has 1 amide bonds. The van der Waals surface area contributed by atoms with E-state index in [0.717, 1.165) is 5.56 Å². The average Bonchev–Trinajstić information content (AvgIpc) is 2.54. The highest BCUT2D eigenvalue weighted by Crippen LogP contribution is 2.21. The lowest BCUT2D eigenvalue weighted by Gasteiger charge is -2.20. The third-order valence-electron chi connectivity index (χ3n) is 3.31. The molecule has 1 atom stereocenters. The van der Waals surface area contributed by atoms with Crippen LogP contribution in [0.4, 0.5) is 0 Å². The number of nitrogens with zero attached hydrogens (tertiary/aromatic N) is 3. The lowest BCUT2D eigenvalue weighted by molar-refractivity contribution is -0.141. The molecule has 0 aliphatic rings. The SMILES string of the molecule is CC(CN(C)C(=O)c1cncnc1-c1ccccc1)C(=O)O. The van der Waals surface area contributed by atoms with Gasteiger partial charge in [-0.15, -0.1) is 0 Å². The molecular weight excluding hydrogens is 282 g/mol. The first kappa shape index (κ1) is 15.6. The van der Waals surface area contributed by atoms with Gasteiger partial charge in [0, 0.05) is 25.4 Å². The fourth-order valence-electron chi connectivity index (χ4n) is 2.09. The van der Waals surface area contributed by atoms with Crippen molar-refractivity contribution in [3.8, 4) is 11.3 Å². The van der Waals surface area contributed by atoms with E-state index in [1.165, 1.54) is 17.4 Å². The molecule has 6 heteroatoms. The third kappa shape index (κ3) is 3.46. The summed E-state index contributed by atoms with van der Waals surface area (Å²) in [6, 6.07) is 9.33. The molecule has 6 nitrogen and oxygen atoms in total. The normalized spacial score (nSPS) is 11.7. The summed E-state index contributed by atoms with van der Waals surface area (Å²) >= 11 is 0. The number of hydrogen-bond acceptors (Lipinski definition) is 4. The number of rotatable bonds is 5. The molecule has 114 valence electrons. The first-order chi connectivity index (χ1) is 10.5. The molecule has 0 radical (unpaired) electrons. The molecule has 0 spiro atoms. The highest BCUT2D eigenvalue weighted by atomic mass is 16.4. The summed E-state index contributed by atoms with van der Waals surface area (Å²) in [5.41, 5.74) is 1.71. The Bertz CT molecular complexity index is 673. The van der Waals surface area contributed by atoms with Gasteiger partial charge in [-0.05, 0) is 0 Å². The van der Waals surface area contributed by atoms with Gasteiger partial charge in [0.15, 0.2) is 0 Å². The van der Waals surface area contributed by atoms with Gasteiger partial charge < -0.3 is 10.0 Å². The Labute approximate surface area is 128 Å². The molecule has 22 heavy (non-hydrogen) atoms. The molecule has 0 fully saturated rings. The van der Waals surface area contributed by atoms with E-state index in [0.29, 0.717) is 11.3 Å². The van der Waals surface area contributed by atoms with Gasteiger partial charge in [-0.1, -0.05) is 37.3 Å². The minimum Gasteiger partial charge on any atom is -0.481 e. The van der Waals surface area contributed by atoms with E-state index >= 15 is 0 Å². The highest BCUT2D eigenvalue weighted by Gasteiger charge is 2.21. The third-order valence-corrected chi connectivity index (χ3v) is 3.31. The van der Waals surface area contributed by atoms with Crippen LogP contribution in [0.2, 0.25) is 0 Å². The Hall–Kier alpha value is -2.76. The van der Waals surface area contributed by atoms with Crippen LogP contribution in [0.25, 0.3) is 11.3 Å². The minimum absolute atomic E-state index is 0.122. The number of aromatic nitrogens is 2. The molecule has 0 aliphatic heterocycles. The molecule has 0 aliphatic carbocycles. The Morgan fingerprint density at radius 1 is 1.27 bits per heavy atom. The van der Waals surface area contributed by atoms with Crippen LogP contribution >= 0.6 is 0 Å². The van der Waals surface area contributed by atoms with E-state index < -0.39 is 11.9 Å². The summed E-state index contributed by atoms with van der Waals surface area (Å²) in [4.78, 5) is 33.0. The monoisotopic (exact) mass is 299 g/mol. The quantitative estimate of drug-likeness (QED) is 0.912. The lowest BCUT2D eigenvalue weighted by atomic mass is 10.1. The fourth-order valence-corrected chi connectivity index (χ4v) is 2.09. The molecule has 1 aromatic heterocycles. The summed E-state index contributed by atoms with van der Waals surface area (Å²) in [6.07, 6.45) is 2.85. The number of hydrogen-bond donors (Lipinski definition) is 1. The van der Waals surface area contributed by atoms with Gasteiger partial charge in [-0.25, -0.2) is 9.97 Å². The van der Waals surface area contributed by atoms with Crippen molar-refractivity contribution in [1.82, 2.24) is 14.9 Å². The number of benzene rings is 1. The average molecular weight is 299 g/mol. The van der Waals surface area contributed by atoms with Gasteiger partial charge in [-0.3, -0.25) is 9.59 Å². The Kier molecular flexibility index (Phi) is 4.83. The largest absolute Gasteiger partial charge is 0.481 e. The molecule has 1 heterocycles. The van der Waals surface area contributed by atoms with Crippen LogP contribution < -0.4 is 0 Å². The molecule has 0 saturated heterocycles. The van der Waals surface area contributed by atoms with Crippen molar-refractivity contribution in [2.24, 2.45) is 5.92 Å². The molecule has 0 saturated carbocycles. The first-order valence-electron chi connectivity index (χ1n) is 6.84. The lowest BCUT2D eigenvalue weighted by Crippen LogP contribution is -2.34. The van der Waals surface area contributed by atoms with Gasteiger partial charge in [0.1, 0.15) is 6.33 Å². The zero-order chi connectivity index (χ0) is 16.1. The van der Waals surface area contributed by atoms with Crippen LogP contribution in [0, 0.1) is 5.92 Å². The van der Waals surface area contributed by atoms with E-state index in [4.69, 9.17) is 5.11 Å². The van der Waals surface area contributed by atoms with E-state index in [1.807, 2.05) is 30.3 Å². The summed E-state index contributed by atoms with van der Waals surface area (Å²) in [5, 5.41) is 8.95. The maximum atomic E-state index is 12.5. The minimum atomic E-state index is -0.938. The van der Waals surface area contributed by atoms with Crippen molar-refractivity contribution in [2.75, 3.05) is 13.6 Å².